The van der Waals surface area contributed by atoms with E-state index in [9.17, 15) is 9.59 Å². The van der Waals surface area contributed by atoms with Crippen molar-refractivity contribution < 1.29 is 19.1 Å². The van der Waals surface area contributed by atoms with Gasteiger partial charge in [-0.2, -0.15) is 0 Å². The number of carbonyl (C=O) groups is 2. The minimum atomic E-state index is -0.367. The van der Waals surface area contributed by atoms with Gasteiger partial charge in [0, 0.05) is 11.8 Å². The van der Waals surface area contributed by atoms with Gasteiger partial charge in [0.15, 0.2) is 0 Å². The van der Waals surface area contributed by atoms with E-state index in [-0.39, 0.29) is 24.9 Å². The molecule has 1 aromatic heterocycles. The summed E-state index contributed by atoms with van der Waals surface area (Å²) in [5.74, 6) is 0.351. The smallest absolute Gasteiger partial charge is 0.311 e. The van der Waals surface area contributed by atoms with Gasteiger partial charge in [-0.05, 0) is 38.0 Å². The lowest BCUT2D eigenvalue weighted by Gasteiger charge is -2.07. The highest BCUT2D eigenvalue weighted by atomic mass is 32.1. The number of hydrogen-bond donors (Lipinski definition) is 1. The first kappa shape index (κ1) is 23.5. The number of hydrogen-bond acceptors (Lipinski definition) is 6. The topological polar surface area (TPSA) is 77.5 Å². The molecule has 0 atom stereocenters. The zero-order valence-corrected chi connectivity index (χ0v) is 19.2. The summed E-state index contributed by atoms with van der Waals surface area (Å²) in [7, 11) is 0. The van der Waals surface area contributed by atoms with Crippen LogP contribution in [0.25, 0.3) is 10.6 Å². The summed E-state index contributed by atoms with van der Waals surface area (Å²) in [6.45, 7) is 4.98. The number of ether oxygens (including phenoxy) is 2. The molecule has 1 heterocycles. The van der Waals surface area contributed by atoms with Crippen LogP contribution in [0.2, 0.25) is 0 Å². The summed E-state index contributed by atoms with van der Waals surface area (Å²) >= 11 is 1.47. The molecule has 0 aliphatic heterocycles. The Kier molecular flexibility index (Phi) is 8.80. The average molecular weight is 453 g/mol. The van der Waals surface area contributed by atoms with Crippen molar-refractivity contribution in [3.63, 3.8) is 0 Å². The van der Waals surface area contributed by atoms with Gasteiger partial charge in [-0.3, -0.25) is 9.59 Å². The molecular weight excluding hydrogens is 424 g/mol. The van der Waals surface area contributed by atoms with Crippen molar-refractivity contribution in [2.75, 3.05) is 19.8 Å². The van der Waals surface area contributed by atoms with Gasteiger partial charge >= 0.3 is 5.97 Å². The van der Waals surface area contributed by atoms with Crippen molar-refractivity contribution in [1.82, 2.24) is 10.3 Å². The van der Waals surface area contributed by atoms with Gasteiger partial charge in [-0.25, -0.2) is 4.98 Å². The van der Waals surface area contributed by atoms with Crippen molar-refractivity contribution >= 4 is 23.2 Å². The zero-order chi connectivity index (χ0) is 22.8. The molecule has 0 saturated heterocycles. The maximum absolute atomic E-state index is 12.1. The Morgan fingerprint density at radius 3 is 2.66 bits per heavy atom. The molecule has 0 aliphatic carbocycles. The highest BCUT2D eigenvalue weighted by Crippen LogP contribution is 2.32. The van der Waals surface area contributed by atoms with E-state index in [1.54, 1.807) is 0 Å². The standard InChI is InChI=1S/C25H28N2O4S/c1-3-30-22-7-5-4-6-21(22)25-27-20(17-32-25)16-24(29)31-15-14-26-23(28)13-12-19-10-8-18(2)9-11-19/h4-11,17H,3,12-16H2,1-2H3,(H,26,28). The first-order valence-electron chi connectivity index (χ1n) is 10.7. The van der Waals surface area contributed by atoms with Crippen molar-refractivity contribution in [2.45, 2.75) is 33.1 Å². The number of esters is 1. The molecule has 7 heteroatoms. The first-order chi connectivity index (χ1) is 15.5. The van der Waals surface area contributed by atoms with Gasteiger partial charge in [0.25, 0.3) is 0 Å². The third kappa shape index (κ3) is 7.20. The Bertz CT molecular complexity index is 1030. The molecule has 32 heavy (non-hydrogen) atoms. The molecular formula is C25H28N2O4S. The van der Waals surface area contributed by atoms with Crippen LogP contribution in [-0.4, -0.2) is 36.6 Å². The second kappa shape index (κ2) is 12.0. The van der Waals surface area contributed by atoms with E-state index in [0.29, 0.717) is 31.7 Å². The predicted molar refractivity (Wildman–Crippen MR) is 126 cm³/mol. The molecule has 2 aromatic carbocycles. The Morgan fingerprint density at radius 2 is 1.88 bits per heavy atom. The number of para-hydroxylation sites is 1. The van der Waals surface area contributed by atoms with Gasteiger partial charge in [-0.15, -0.1) is 11.3 Å². The summed E-state index contributed by atoms with van der Waals surface area (Å²) in [6.07, 6.45) is 1.18. The Balaban J connectivity index is 1.37. The molecule has 0 saturated carbocycles. The van der Waals surface area contributed by atoms with E-state index in [1.165, 1.54) is 16.9 Å². The van der Waals surface area contributed by atoms with Crippen LogP contribution in [0, 0.1) is 6.92 Å². The van der Waals surface area contributed by atoms with Crippen LogP contribution in [0.1, 0.15) is 30.2 Å². The summed E-state index contributed by atoms with van der Waals surface area (Å²) in [5.41, 5.74) is 3.89. The molecule has 0 bridgehead atoms. The monoisotopic (exact) mass is 452 g/mol. The van der Waals surface area contributed by atoms with Crippen LogP contribution in [-0.2, 0) is 27.2 Å². The normalized spacial score (nSPS) is 10.6. The van der Waals surface area contributed by atoms with E-state index in [0.717, 1.165) is 21.9 Å². The number of amides is 1. The van der Waals surface area contributed by atoms with Gasteiger partial charge in [-0.1, -0.05) is 42.0 Å². The highest BCUT2D eigenvalue weighted by molar-refractivity contribution is 7.13. The lowest BCUT2D eigenvalue weighted by Crippen LogP contribution is -2.28. The quantitative estimate of drug-likeness (QED) is 0.346. The van der Waals surface area contributed by atoms with Crippen LogP contribution < -0.4 is 10.1 Å². The average Bonchev–Trinajstić information content (AvgIpc) is 3.25. The number of benzene rings is 2. The van der Waals surface area contributed by atoms with Crippen LogP contribution in [0.15, 0.2) is 53.9 Å². The molecule has 0 aliphatic rings. The number of rotatable bonds is 11. The van der Waals surface area contributed by atoms with Crippen LogP contribution in [0.3, 0.4) is 0 Å². The fraction of sp³-hybridized carbons (Fsp3) is 0.320. The highest BCUT2D eigenvalue weighted by Gasteiger charge is 2.13. The third-order valence-electron chi connectivity index (χ3n) is 4.74. The summed E-state index contributed by atoms with van der Waals surface area (Å²) < 4.78 is 10.9. The molecule has 1 N–H and O–H groups in total. The van der Waals surface area contributed by atoms with Crippen molar-refractivity contribution in [1.29, 1.82) is 0 Å². The van der Waals surface area contributed by atoms with Crippen LogP contribution >= 0.6 is 11.3 Å². The Hall–Kier alpha value is -3.19. The number of aromatic nitrogens is 1. The first-order valence-corrected chi connectivity index (χ1v) is 11.6. The number of nitrogens with zero attached hydrogens (tertiary/aromatic N) is 1. The SMILES string of the molecule is CCOc1ccccc1-c1nc(CC(=O)OCCNC(=O)CCc2ccc(C)cc2)cs1. The molecule has 3 aromatic rings. The van der Waals surface area contributed by atoms with Gasteiger partial charge in [0.1, 0.15) is 17.4 Å². The maximum Gasteiger partial charge on any atom is 0.311 e. The van der Waals surface area contributed by atoms with Crippen molar-refractivity contribution in [2.24, 2.45) is 0 Å². The number of nitrogens with one attached hydrogen (secondary N) is 1. The molecule has 3 rings (SSSR count). The molecule has 168 valence electrons. The van der Waals surface area contributed by atoms with Gasteiger partial charge in [0.05, 0.1) is 30.8 Å². The van der Waals surface area contributed by atoms with E-state index < -0.39 is 0 Å². The molecule has 0 unspecified atom stereocenters. The number of carbonyl (C=O) groups excluding carboxylic acids is 2. The van der Waals surface area contributed by atoms with Crippen molar-refractivity contribution in [3.05, 3.63) is 70.7 Å². The van der Waals surface area contributed by atoms with E-state index in [2.05, 4.69) is 10.3 Å². The Morgan fingerprint density at radius 1 is 1.09 bits per heavy atom. The second-order valence-corrected chi connectivity index (χ2v) is 8.16. The third-order valence-corrected chi connectivity index (χ3v) is 5.67. The Labute approximate surface area is 192 Å². The maximum atomic E-state index is 12.1. The lowest BCUT2D eigenvalue weighted by molar-refractivity contribution is -0.143. The molecule has 0 radical (unpaired) electrons. The zero-order valence-electron chi connectivity index (χ0n) is 18.4. The van der Waals surface area contributed by atoms with Crippen molar-refractivity contribution in [3.8, 4) is 16.3 Å². The van der Waals surface area contributed by atoms with Crippen LogP contribution in [0.4, 0.5) is 0 Å². The van der Waals surface area contributed by atoms with E-state index in [4.69, 9.17) is 9.47 Å². The molecule has 1 amide bonds. The fourth-order valence-electron chi connectivity index (χ4n) is 3.09. The van der Waals surface area contributed by atoms with Gasteiger partial charge < -0.3 is 14.8 Å². The summed E-state index contributed by atoms with van der Waals surface area (Å²) in [5, 5.41) is 5.44. The molecule has 0 fully saturated rings. The summed E-state index contributed by atoms with van der Waals surface area (Å²) in [6, 6.07) is 15.8. The molecule has 6 nitrogen and oxygen atoms in total. The predicted octanol–water partition coefficient (Wildman–Crippen LogP) is 4.35. The van der Waals surface area contributed by atoms with Gasteiger partial charge in [0.2, 0.25) is 5.91 Å². The minimum Gasteiger partial charge on any atom is -0.493 e. The summed E-state index contributed by atoms with van der Waals surface area (Å²) in [4.78, 5) is 28.6. The second-order valence-electron chi connectivity index (χ2n) is 7.31. The van der Waals surface area contributed by atoms with E-state index >= 15 is 0 Å². The molecule has 0 spiro atoms. The van der Waals surface area contributed by atoms with E-state index in [1.807, 2.05) is 67.8 Å². The number of aryl methyl sites for hydroxylation is 2. The lowest BCUT2D eigenvalue weighted by atomic mass is 10.1. The number of thiazole rings is 1. The largest absolute Gasteiger partial charge is 0.493 e. The fourth-order valence-corrected chi connectivity index (χ4v) is 3.94. The van der Waals surface area contributed by atoms with Crippen LogP contribution in [0.5, 0.6) is 5.75 Å². The minimum absolute atomic E-state index is 0.0567.